The van der Waals surface area contributed by atoms with Gasteiger partial charge >= 0.3 is 17.1 Å². The van der Waals surface area contributed by atoms with Crippen molar-refractivity contribution in [3.63, 3.8) is 0 Å². The maximum Gasteiger partial charge on any atom is 0.370 e. The van der Waals surface area contributed by atoms with Crippen molar-refractivity contribution in [2.75, 3.05) is 10.9 Å². The molecule has 0 atom stereocenters. The fraction of sp³-hybridized carbons (Fsp3) is 0. The first kappa shape index (κ1) is 21.6. The number of para-hydroxylation sites is 1. The van der Waals surface area contributed by atoms with Crippen LogP contribution in [-0.4, -0.2) is 19.7 Å². The number of nitro groups is 4. The summed E-state index contributed by atoms with van der Waals surface area (Å²) in [6.45, 7) is 0. The van der Waals surface area contributed by atoms with Crippen LogP contribution in [0.4, 0.5) is 34.1 Å². The number of non-ortho nitro benzene ring substituents is 1. The average Bonchev–Trinajstić information content (AvgIpc) is 2.66. The normalized spacial score (nSPS) is 9.50. The predicted molar refractivity (Wildman–Crippen MR) is 95.1 cm³/mol. The number of nitrogens with one attached hydrogen (secondary N) is 2. The lowest BCUT2D eigenvalue weighted by atomic mass is 10.2. The zero-order valence-corrected chi connectivity index (χ0v) is 13.7. The summed E-state index contributed by atoms with van der Waals surface area (Å²) in [5, 5.41) is 41.7. The Bertz CT molecular complexity index is 934. The molecule has 148 valence electrons. The first-order chi connectivity index (χ1) is 13.1. The summed E-state index contributed by atoms with van der Waals surface area (Å²) in [4.78, 5) is 38.5. The number of nitrogens with zero attached hydrogens (tertiary/aromatic N) is 4. The van der Waals surface area contributed by atoms with E-state index >= 15 is 0 Å². The molecule has 16 nitrogen and oxygen atoms in total. The second-order valence-electron chi connectivity index (χ2n) is 4.69. The van der Waals surface area contributed by atoms with Crippen molar-refractivity contribution < 1.29 is 19.7 Å². The third-order valence-electron chi connectivity index (χ3n) is 3.09. The van der Waals surface area contributed by atoms with Crippen molar-refractivity contribution in [2.45, 2.75) is 0 Å². The molecule has 2 rings (SSSR count). The van der Waals surface area contributed by atoms with Crippen LogP contribution < -0.4 is 22.5 Å². The second kappa shape index (κ2) is 9.31. The van der Waals surface area contributed by atoms with Gasteiger partial charge in [-0.05, 0) is 12.1 Å². The summed E-state index contributed by atoms with van der Waals surface area (Å²) in [6, 6.07) is 6.78. The van der Waals surface area contributed by atoms with Crippen LogP contribution in [0.15, 0.2) is 36.4 Å². The Morgan fingerprint density at radius 2 is 1.25 bits per heavy atom. The van der Waals surface area contributed by atoms with Crippen LogP contribution in [0.5, 0.6) is 0 Å². The quantitative estimate of drug-likeness (QED) is 0.308. The second-order valence-corrected chi connectivity index (χ2v) is 4.69. The summed E-state index contributed by atoms with van der Waals surface area (Å²) < 4.78 is 0. The van der Waals surface area contributed by atoms with Crippen LogP contribution in [0, 0.1) is 40.5 Å². The van der Waals surface area contributed by atoms with Gasteiger partial charge in [0.05, 0.1) is 25.8 Å². The molecule has 0 spiro atoms. The molecule has 0 aliphatic heterocycles. The van der Waals surface area contributed by atoms with Crippen LogP contribution in [0.25, 0.3) is 0 Å². The molecule has 6 N–H and O–H groups in total. The lowest BCUT2D eigenvalue weighted by molar-refractivity contribution is -0.421. The van der Waals surface area contributed by atoms with Gasteiger partial charge in [0.25, 0.3) is 5.69 Å². The molecule has 28 heavy (non-hydrogen) atoms. The highest BCUT2D eigenvalue weighted by Gasteiger charge is 2.27. The van der Waals surface area contributed by atoms with Crippen LogP contribution in [0.1, 0.15) is 0 Å². The van der Waals surface area contributed by atoms with Crippen molar-refractivity contribution in [3.05, 3.63) is 76.9 Å². The number of hydrogen-bond acceptors (Lipinski definition) is 12. The molecule has 0 fully saturated rings. The zero-order chi connectivity index (χ0) is 21.4. The van der Waals surface area contributed by atoms with Crippen molar-refractivity contribution in [1.82, 2.24) is 0 Å². The Morgan fingerprint density at radius 3 is 1.68 bits per heavy atom. The number of nitrogen functional groups attached to an aromatic ring is 2. The van der Waals surface area contributed by atoms with Gasteiger partial charge in [0.1, 0.15) is 11.4 Å². The molecule has 16 heteroatoms. The van der Waals surface area contributed by atoms with Gasteiger partial charge < -0.3 is 10.9 Å². The Balaban J connectivity index is 0.000000280. The monoisotopic (exact) mass is 396 g/mol. The molecule has 0 aliphatic rings. The Hall–Kier alpha value is -4.44. The van der Waals surface area contributed by atoms with E-state index in [1.54, 1.807) is 0 Å². The van der Waals surface area contributed by atoms with E-state index in [0.29, 0.717) is 0 Å². The zero-order valence-electron chi connectivity index (χ0n) is 13.7. The van der Waals surface area contributed by atoms with Gasteiger partial charge in [0.15, 0.2) is 0 Å². The smallest absolute Gasteiger partial charge is 0.318 e. The van der Waals surface area contributed by atoms with E-state index in [4.69, 9.17) is 11.7 Å². The van der Waals surface area contributed by atoms with Crippen molar-refractivity contribution in [1.29, 1.82) is 0 Å². The van der Waals surface area contributed by atoms with E-state index in [1.165, 1.54) is 18.2 Å². The van der Waals surface area contributed by atoms with Crippen molar-refractivity contribution >= 4 is 34.1 Å². The average molecular weight is 396 g/mol. The molecule has 0 radical (unpaired) electrons. The first-order valence-electron chi connectivity index (χ1n) is 6.91. The topological polar surface area (TPSA) is 249 Å². The SMILES string of the molecule is NNc1ccc([N+](=O)[O-])cc1[N+](=O)[O-].NNc1cccc([N+](=O)[O-])c1[N+](=O)[O-]. The van der Waals surface area contributed by atoms with E-state index < -0.39 is 36.8 Å². The molecule has 2 aromatic rings. The summed E-state index contributed by atoms with van der Waals surface area (Å²) in [7, 11) is 0. The van der Waals surface area contributed by atoms with Crippen LogP contribution in [-0.2, 0) is 0 Å². The minimum Gasteiger partial charge on any atom is -0.318 e. The van der Waals surface area contributed by atoms with Crippen LogP contribution >= 0.6 is 0 Å². The highest BCUT2D eigenvalue weighted by atomic mass is 16.6. The predicted octanol–water partition coefficient (Wildman–Crippen LogP) is 1.58. The molecule has 0 aliphatic carbocycles. The molecular formula is C12H12N8O8. The molecule has 2 aromatic carbocycles. The lowest BCUT2D eigenvalue weighted by Crippen LogP contribution is -2.10. The Morgan fingerprint density at radius 1 is 0.679 bits per heavy atom. The molecule has 0 saturated carbocycles. The Kier molecular flexibility index (Phi) is 7.18. The number of nitrogens with two attached hydrogens (primary N) is 2. The van der Waals surface area contributed by atoms with Crippen LogP contribution in [0.2, 0.25) is 0 Å². The number of hydrogen-bond donors (Lipinski definition) is 4. The fourth-order valence-corrected chi connectivity index (χ4v) is 1.89. The van der Waals surface area contributed by atoms with E-state index in [-0.39, 0.29) is 17.1 Å². The lowest BCUT2D eigenvalue weighted by Gasteiger charge is -2.00. The largest absolute Gasteiger partial charge is 0.370 e. The van der Waals surface area contributed by atoms with E-state index in [0.717, 1.165) is 18.2 Å². The summed E-state index contributed by atoms with van der Waals surface area (Å²) in [5.74, 6) is 9.97. The number of nitro benzene ring substituents is 4. The number of rotatable bonds is 6. The van der Waals surface area contributed by atoms with Crippen molar-refractivity contribution in [3.8, 4) is 0 Å². The molecule has 0 bridgehead atoms. The van der Waals surface area contributed by atoms with Gasteiger partial charge in [0.2, 0.25) is 0 Å². The minimum absolute atomic E-state index is 0.0283. The third kappa shape index (κ3) is 5.03. The fourth-order valence-electron chi connectivity index (χ4n) is 1.89. The molecular weight excluding hydrogens is 384 g/mol. The standard InChI is InChI=1S/2C6H6N4O4/c7-8-5-2-1-4(9(11)12)3-6(5)10(13)14;7-8-4-2-1-3-5(9(11)12)6(4)10(13)14/h2*1-3,8H,7H2. The minimum atomic E-state index is -0.854. The first-order valence-corrected chi connectivity index (χ1v) is 6.91. The van der Waals surface area contributed by atoms with E-state index in [1.807, 2.05) is 5.43 Å². The number of anilines is 2. The van der Waals surface area contributed by atoms with Gasteiger partial charge in [-0.25, -0.2) is 0 Å². The highest BCUT2D eigenvalue weighted by molar-refractivity contribution is 5.71. The van der Waals surface area contributed by atoms with Crippen LogP contribution in [0.3, 0.4) is 0 Å². The van der Waals surface area contributed by atoms with Gasteiger partial charge in [-0.1, -0.05) is 6.07 Å². The molecule has 0 heterocycles. The molecule has 0 aromatic heterocycles. The maximum atomic E-state index is 10.5. The van der Waals surface area contributed by atoms with E-state index in [2.05, 4.69) is 5.43 Å². The number of hydrazine groups is 2. The van der Waals surface area contributed by atoms with Crippen molar-refractivity contribution in [2.24, 2.45) is 11.7 Å². The number of benzene rings is 2. The Labute approximate surface area is 154 Å². The summed E-state index contributed by atoms with van der Waals surface area (Å²) >= 11 is 0. The molecule has 0 saturated heterocycles. The summed E-state index contributed by atoms with van der Waals surface area (Å²) in [5.41, 5.74) is 2.03. The molecule has 0 unspecified atom stereocenters. The van der Waals surface area contributed by atoms with Gasteiger partial charge in [-0.3, -0.25) is 52.1 Å². The van der Waals surface area contributed by atoms with Gasteiger partial charge in [0, 0.05) is 12.1 Å². The van der Waals surface area contributed by atoms with Gasteiger partial charge in [-0.15, -0.1) is 0 Å². The third-order valence-corrected chi connectivity index (χ3v) is 3.09. The maximum absolute atomic E-state index is 10.5. The highest BCUT2D eigenvalue weighted by Crippen LogP contribution is 2.33. The van der Waals surface area contributed by atoms with Gasteiger partial charge in [-0.2, -0.15) is 0 Å². The van der Waals surface area contributed by atoms with E-state index in [9.17, 15) is 40.5 Å². The summed E-state index contributed by atoms with van der Waals surface area (Å²) in [6.07, 6.45) is 0. The molecule has 0 amide bonds.